The van der Waals surface area contributed by atoms with Gasteiger partial charge in [0.2, 0.25) is 0 Å². The Kier molecular flexibility index (Phi) is 4.55. The number of allylic oxidation sites excluding steroid dienone is 3. The number of rotatable bonds is 3. The first-order chi connectivity index (χ1) is 6.34. The maximum Gasteiger partial charge on any atom is 0.0247 e. The Morgan fingerprint density at radius 3 is 2.69 bits per heavy atom. The highest BCUT2D eigenvalue weighted by Crippen LogP contribution is 2.16. The predicted molar refractivity (Wildman–Crippen MR) is 62.6 cm³/mol. The largest absolute Gasteiger partial charge is 0.0848 e. The SMILES string of the molecule is CC/C=C/C=C/c1ccccc1Br. The average molecular weight is 237 g/mol. The molecule has 0 spiro atoms. The number of benzene rings is 1. The van der Waals surface area contributed by atoms with Gasteiger partial charge in [0, 0.05) is 4.47 Å². The summed E-state index contributed by atoms with van der Waals surface area (Å²) in [5.41, 5.74) is 1.21. The van der Waals surface area contributed by atoms with Gasteiger partial charge in [-0.3, -0.25) is 0 Å². The molecular weight excluding hydrogens is 224 g/mol. The van der Waals surface area contributed by atoms with Crippen molar-refractivity contribution in [1.82, 2.24) is 0 Å². The van der Waals surface area contributed by atoms with E-state index in [-0.39, 0.29) is 0 Å². The highest BCUT2D eigenvalue weighted by molar-refractivity contribution is 9.10. The summed E-state index contributed by atoms with van der Waals surface area (Å²) in [4.78, 5) is 0. The smallest absolute Gasteiger partial charge is 0.0247 e. The molecule has 1 heteroatoms. The molecule has 0 saturated carbocycles. The van der Waals surface area contributed by atoms with E-state index >= 15 is 0 Å². The van der Waals surface area contributed by atoms with E-state index in [1.807, 2.05) is 18.2 Å². The van der Waals surface area contributed by atoms with Crippen LogP contribution in [-0.2, 0) is 0 Å². The Hall–Kier alpha value is -0.820. The van der Waals surface area contributed by atoms with E-state index in [2.05, 4.69) is 53.2 Å². The zero-order valence-electron chi connectivity index (χ0n) is 7.70. The van der Waals surface area contributed by atoms with Crippen LogP contribution in [0.25, 0.3) is 6.08 Å². The van der Waals surface area contributed by atoms with Gasteiger partial charge in [0.05, 0.1) is 0 Å². The molecule has 0 bridgehead atoms. The lowest BCUT2D eigenvalue weighted by Gasteiger charge is -1.94. The van der Waals surface area contributed by atoms with Gasteiger partial charge < -0.3 is 0 Å². The molecule has 1 rings (SSSR count). The van der Waals surface area contributed by atoms with E-state index in [1.54, 1.807) is 0 Å². The quantitative estimate of drug-likeness (QED) is 0.682. The molecule has 1 aromatic rings. The van der Waals surface area contributed by atoms with Crippen molar-refractivity contribution >= 4 is 22.0 Å². The Labute approximate surface area is 88.1 Å². The number of hydrogen-bond donors (Lipinski definition) is 0. The molecule has 0 N–H and O–H groups in total. The van der Waals surface area contributed by atoms with Gasteiger partial charge in [-0.25, -0.2) is 0 Å². The molecule has 13 heavy (non-hydrogen) atoms. The third-order valence-corrected chi connectivity index (χ3v) is 2.39. The molecular formula is C12H13Br. The Morgan fingerprint density at radius 1 is 1.23 bits per heavy atom. The topological polar surface area (TPSA) is 0 Å². The first kappa shape index (κ1) is 10.3. The van der Waals surface area contributed by atoms with Crippen LogP contribution in [0.4, 0.5) is 0 Å². The Balaban J connectivity index is 2.68. The van der Waals surface area contributed by atoms with Crippen LogP contribution >= 0.6 is 15.9 Å². The number of halogens is 1. The molecule has 0 aliphatic heterocycles. The lowest BCUT2D eigenvalue weighted by molar-refractivity contribution is 1.22. The molecule has 0 unspecified atom stereocenters. The maximum absolute atomic E-state index is 3.49. The van der Waals surface area contributed by atoms with Gasteiger partial charge in [-0.1, -0.05) is 65.4 Å². The highest BCUT2D eigenvalue weighted by Gasteiger charge is 1.90. The van der Waals surface area contributed by atoms with Gasteiger partial charge >= 0.3 is 0 Å². The fourth-order valence-corrected chi connectivity index (χ4v) is 1.40. The van der Waals surface area contributed by atoms with Crippen LogP contribution in [-0.4, -0.2) is 0 Å². The van der Waals surface area contributed by atoms with Crippen LogP contribution in [0.5, 0.6) is 0 Å². The molecule has 0 saturated heterocycles. The van der Waals surface area contributed by atoms with Crippen LogP contribution in [0, 0.1) is 0 Å². The lowest BCUT2D eigenvalue weighted by Crippen LogP contribution is -1.72. The van der Waals surface area contributed by atoms with Crippen molar-refractivity contribution < 1.29 is 0 Å². The van der Waals surface area contributed by atoms with Gasteiger partial charge in [-0.05, 0) is 18.1 Å². The second-order valence-corrected chi connectivity index (χ2v) is 3.57. The molecule has 0 nitrogen and oxygen atoms in total. The van der Waals surface area contributed by atoms with Crippen LogP contribution in [0.2, 0.25) is 0 Å². The van der Waals surface area contributed by atoms with E-state index < -0.39 is 0 Å². The van der Waals surface area contributed by atoms with Crippen LogP contribution < -0.4 is 0 Å². The summed E-state index contributed by atoms with van der Waals surface area (Å²) in [5.74, 6) is 0. The molecule has 0 radical (unpaired) electrons. The normalized spacial score (nSPS) is 11.5. The minimum absolute atomic E-state index is 1.08. The summed E-state index contributed by atoms with van der Waals surface area (Å²) in [6.45, 7) is 2.13. The minimum Gasteiger partial charge on any atom is -0.0848 e. The molecule has 0 aromatic heterocycles. The van der Waals surface area contributed by atoms with E-state index in [1.165, 1.54) is 5.56 Å². The average Bonchev–Trinajstić information content (AvgIpc) is 2.15. The number of hydrogen-bond acceptors (Lipinski definition) is 0. The first-order valence-electron chi connectivity index (χ1n) is 4.42. The monoisotopic (exact) mass is 236 g/mol. The van der Waals surface area contributed by atoms with Gasteiger partial charge in [0.1, 0.15) is 0 Å². The fraction of sp³-hybridized carbons (Fsp3) is 0.167. The molecule has 1 aromatic carbocycles. The third-order valence-electron chi connectivity index (χ3n) is 1.66. The summed E-state index contributed by atoms with van der Waals surface area (Å²) in [6.07, 6.45) is 9.44. The Morgan fingerprint density at radius 2 is 2.00 bits per heavy atom. The highest BCUT2D eigenvalue weighted by atomic mass is 79.9. The van der Waals surface area contributed by atoms with Crippen molar-refractivity contribution in [3.8, 4) is 0 Å². The zero-order chi connectivity index (χ0) is 9.52. The second-order valence-electron chi connectivity index (χ2n) is 2.72. The van der Waals surface area contributed by atoms with Crippen molar-refractivity contribution in [3.05, 3.63) is 52.5 Å². The van der Waals surface area contributed by atoms with Crippen molar-refractivity contribution in [2.45, 2.75) is 13.3 Å². The molecule has 0 fully saturated rings. The van der Waals surface area contributed by atoms with Gasteiger partial charge in [-0.2, -0.15) is 0 Å². The van der Waals surface area contributed by atoms with Crippen molar-refractivity contribution in [3.63, 3.8) is 0 Å². The van der Waals surface area contributed by atoms with Crippen LogP contribution in [0.1, 0.15) is 18.9 Å². The van der Waals surface area contributed by atoms with Gasteiger partial charge in [0.15, 0.2) is 0 Å². The summed E-state index contributed by atoms with van der Waals surface area (Å²) >= 11 is 3.49. The summed E-state index contributed by atoms with van der Waals surface area (Å²) < 4.78 is 1.14. The van der Waals surface area contributed by atoms with E-state index in [4.69, 9.17) is 0 Å². The van der Waals surface area contributed by atoms with Crippen molar-refractivity contribution in [1.29, 1.82) is 0 Å². The molecule has 0 amide bonds. The molecule has 0 aliphatic carbocycles. The minimum atomic E-state index is 1.08. The lowest BCUT2D eigenvalue weighted by atomic mass is 10.2. The molecule has 0 atom stereocenters. The first-order valence-corrected chi connectivity index (χ1v) is 5.21. The maximum atomic E-state index is 3.49. The fourth-order valence-electron chi connectivity index (χ4n) is 0.984. The van der Waals surface area contributed by atoms with Crippen LogP contribution in [0.3, 0.4) is 0 Å². The third kappa shape index (κ3) is 3.60. The Bertz CT molecular complexity index is 311. The zero-order valence-corrected chi connectivity index (χ0v) is 9.29. The van der Waals surface area contributed by atoms with E-state index in [0.717, 1.165) is 10.9 Å². The molecule has 0 heterocycles. The van der Waals surface area contributed by atoms with Crippen molar-refractivity contribution in [2.75, 3.05) is 0 Å². The predicted octanol–water partition coefficient (Wildman–Crippen LogP) is 4.43. The standard InChI is InChI=1S/C12H13Br/c1-2-3-4-5-8-11-9-6-7-10-12(11)13/h3-10H,2H2,1H3/b4-3+,8-5+. The van der Waals surface area contributed by atoms with Crippen LogP contribution in [0.15, 0.2) is 47.0 Å². The summed E-state index contributed by atoms with van der Waals surface area (Å²) in [6, 6.07) is 8.18. The van der Waals surface area contributed by atoms with E-state index in [0.29, 0.717) is 0 Å². The molecule has 68 valence electrons. The van der Waals surface area contributed by atoms with Gasteiger partial charge in [0.25, 0.3) is 0 Å². The molecule has 0 aliphatic rings. The van der Waals surface area contributed by atoms with Crippen molar-refractivity contribution in [2.24, 2.45) is 0 Å². The van der Waals surface area contributed by atoms with Gasteiger partial charge in [-0.15, -0.1) is 0 Å². The summed E-state index contributed by atoms with van der Waals surface area (Å²) in [7, 11) is 0. The van der Waals surface area contributed by atoms with E-state index in [9.17, 15) is 0 Å². The second kappa shape index (κ2) is 5.76. The summed E-state index contributed by atoms with van der Waals surface area (Å²) in [5, 5.41) is 0.